The summed E-state index contributed by atoms with van der Waals surface area (Å²) in [5.74, 6) is 0.271. The number of hydrogen-bond acceptors (Lipinski definition) is 4. The fourth-order valence-electron chi connectivity index (χ4n) is 1.92. The van der Waals surface area contributed by atoms with Crippen LogP contribution in [0.1, 0.15) is 17.5 Å². The second-order valence-corrected chi connectivity index (χ2v) is 4.16. The van der Waals surface area contributed by atoms with E-state index >= 15 is 0 Å². The third-order valence-electron chi connectivity index (χ3n) is 2.94. The largest absolute Gasteiger partial charge is 0.380 e. The Hall–Kier alpha value is -2.53. The Balaban J connectivity index is 1.87. The Morgan fingerprint density at radius 3 is 2.21 bits per heavy atom. The first-order valence-corrected chi connectivity index (χ1v) is 5.91. The molecule has 5 heteroatoms. The zero-order valence-electron chi connectivity index (χ0n) is 10.1. The molecule has 0 fully saturated rings. The molecule has 0 aliphatic carbocycles. The van der Waals surface area contributed by atoms with Crippen molar-refractivity contribution < 1.29 is 5.11 Å². The van der Waals surface area contributed by atoms with Crippen LogP contribution in [0.2, 0.25) is 0 Å². The molecule has 1 aromatic heterocycles. The van der Waals surface area contributed by atoms with Crippen LogP contribution in [0.25, 0.3) is 11.1 Å². The van der Waals surface area contributed by atoms with Crippen molar-refractivity contribution in [3.05, 3.63) is 66.0 Å². The van der Waals surface area contributed by atoms with Gasteiger partial charge in [0.1, 0.15) is 6.10 Å². The number of aliphatic hydroxyl groups is 1. The highest BCUT2D eigenvalue weighted by Gasteiger charge is 2.14. The predicted molar refractivity (Wildman–Crippen MR) is 70.1 cm³/mol. The molecular weight excluding hydrogens is 240 g/mol. The van der Waals surface area contributed by atoms with Crippen molar-refractivity contribution in [2.24, 2.45) is 0 Å². The molecule has 94 valence electrons. The Morgan fingerprint density at radius 2 is 1.58 bits per heavy atom. The van der Waals surface area contributed by atoms with E-state index < -0.39 is 6.10 Å². The van der Waals surface area contributed by atoms with Crippen molar-refractivity contribution in [3.8, 4) is 11.1 Å². The predicted octanol–water partition coefficient (Wildman–Crippen LogP) is 1.95. The van der Waals surface area contributed by atoms with Gasteiger partial charge in [0, 0.05) is 0 Å². The van der Waals surface area contributed by atoms with E-state index in [0.29, 0.717) is 0 Å². The van der Waals surface area contributed by atoms with Gasteiger partial charge in [0.05, 0.1) is 0 Å². The standard InChI is InChI=1S/C14H12N4O/c19-13(14-15-17-18-16-14)12-8-6-11(7-9-12)10-4-2-1-3-5-10/h1-9,13,19H,(H,15,16,17,18). The van der Waals surface area contributed by atoms with Crippen LogP contribution in [0.3, 0.4) is 0 Å². The Bertz CT molecular complexity index is 635. The van der Waals surface area contributed by atoms with Crippen molar-refractivity contribution in [3.63, 3.8) is 0 Å². The number of aromatic nitrogens is 4. The van der Waals surface area contributed by atoms with Crippen LogP contribution in [0.15, 0.2) is 54.6 Å². The lowest BCUT2D eigenvalue weighted by Crippen LogP contribution is -2.02. The number of benzene rings is 2. The Morgan fingerprint density at radius 1 is 0.895 bits per heavy atom. The summed E-state index contributed by atoms with van der Waals surface area (Å²) >= 11 is 0. The van der Waals surface area contributed by atoms with Gasteiger partial charge in [-0.05, 0) is 16.7 Å². The summed E-state index contributed by atoms with van der Waals surface area (Å²) in [6.07, 6.45) is -0.858. The minimum Gasteiger partial charge on any atom is -0.380 e. The van der Waals surface area contributed by atoms with Crippen LogP contribution in [0.5, 0.6) is 0 Å². The van der Waals surface area contributed by atoms with E-state index in [1.165, 1.54) is 0 Å². The number of aliphatic hydroxyl groups excluding tert-OH is 1. The lowest BCUT2D eigenvalue weighted by molar-refractivity contribution is 0.210. The number of H-pyrrole nitrogens is 1. The van der Waals surface area contributed by atoms with Gasteiger partial charge in [-0.3, -0.25) is 0 Å². The van der Waals surface area contributed by atoms with E-state index in [9.17, 15) is 5.11 Å². The monoisotopic (exact) mass is 252 g/mol. The van der Waals surface area contributed by atoms with Crippen LogP contribution in [-0.2, 0) is 0 Å². The SMILES string of the molecule is OC(c1ccc(-c2ccccc2)cc1)c1nn[nH]n1. The molecule has 0 bridgehead atoms. The maximum absolute atomic E-state index is 10.1. The van der Waals surface area contributed by atoms with Crippen molar-refractivity contribution in [1.82, 2.24) is 20.6 Å². The van der Waals surface area contributed by atoms with E-state index in [0.717, 1.165) is 16.7 Å². The van der Waals surface area contributed by atoms with Crippen LogP contribution in [-0.4, -0.2) is 25.7 Å². The number of hydrogen-bond donors (Lipinski definition) is 2. The minimum absolute atomic E-state index is 0.271. The Kier molecular flexibility index (Phi) is 3.04. The van der Waals surface area contributed by atoms with Crippen LogP contribution in [0, 0.1) is 0 Å². The first-order chi connectivity index (χ1) is 9.34. The normalized spacial score (nSPS) is 12.3. The van der Waals surface area contributed by atoms with Gasteiger partial charge in [-0.2, -0.15) is 5.21 Å². The maximum Gasteiger partial charge on any atom is 0.207 e. The number of aromatic amines is 1. The highest BCUT2D eigenvalue weighted by molar-refractivity contribution is 5.63. The summed E-state index contributed by atoms with van der Waals surface area (Å²) in [5, 5.41) is 23.4. The minimum atomic E-state index is -0.858. The molecule has 0 spiro atoms. The van der Waals surface area contributed by atoms with Gasteiger partial charge in [-0.1, -0.05) is 59.8 Å². The molecule has 0 saturated heterocycles. The van der Waals surface area contributed by atoms with Crippen LogP contribution >= 0.6 is 0 Å². The summed E-state index contributed by atoms with van der Waals surface area (Å²) in [5.41, 5.74) is 2.98. The number of tetrazole rings is 1. The molecule has 1 heterocycles. The number of nitrogens with zero attached hydrogens (tertiary/aromatic N) is 3. The molecule has 3 aromatic rings. The second kappa shape index (κ2) is 4.99. The molecule has 0 amide bonds. The summed E-state index contributed by atoms with van der Waals surface area (Å²) in [7, 11) is 0. The summed E-state index contributed by atoms with van der Waals surface area (Å²) in [6, 6.07) is 17.7. The second-order valence-electron chi connectivity index (χ2n) is 4.16. The molecule has 0 aliphatic heterocycles. The smallest absolute Gasteiger partial charge is 0.207 e. The lowest BCUT2D eigenvalue weighted by Gasteiger charge is -2.07. The number of rotatable bonds is 3. The third kappa shape index (κ3) is 2.36. The van der Waals surface area contributed by atoms with E-state index in [2.05, 4.69) is 20.6 Å². The fraction of sp³-hybridized carbons (Fsp3) is 0.0714. The average Bonchev–Trinajstić information content (AvgIpc) is 3.02. The molecule has 3 rings (SSSR count). The molecule has 0 radical (unpaired) electrons. The first-order valence-electron chi connectivity index (χ1n) is 5.91. The highest BCUT2D eigenvalue weighted by atomic mass is 16.3. The third-order valence-corrected chi connectivity index (χ3v) is 2.94. The van der Waals surface area contributed by atoms with E-state index in [1.807, 2.05) is 54.6 Å². The molecule has 0 aliphatic rings. The van der Waals surface area contributed by atoms with Crippen molar-refractivity contribution >= 4 is 0 Å². The maximum atomic E-state index is 10.1. The topological polar surface area (TPSA) is 74.7 Å². The molecule has 19 heavy (non-hydrogen) atoms. The average molecular weight is 252 g/mol. The highest BCUT2D eigenvalue weighted by Crippen LogP contribution is 2.23. The van der Waals surface area contributed by atoms with Gasteiger partial charge in [0.25, 0.3) is 0 Å². The summed E-state index contributed by atoms with van der Waals surface area (Å²) in [4.78, 5) is 0. The van der Waals surface area contributed by atoms with Crippen LogP contribution in [0.4, 0.5) is 0 Å². The van der Waals surface area contributed by atoms with Gasteiger partial charge >= 0.3 is 0 Å². The quantitative estimate of drug-likeness (QED) is 0.747. The molecule has 0 saturated carbocycles. The first kappa shape index (κ1) is 11.6. The molecule has 1 unspecified atom stereocenters. The van der Waals surface area contributed by atoms with Gasteiger partial charge in [-0.25, -0.2) is 0 Å². The lowest BCUT2D eigenvalue weighted by atomic mass is 10.0. The van der Waals surface area contributed by atoms with E-state index in [1.54, 1.807) is 0 Å². The van der Waals surface area contributed by atoms with Crippen molar-refractivity contribution in [2.75, 3.05) is 0 Å². The number of nitrogens with one attached hydrogen (secondary N) is 1. The molecule has 5 nitrogen and oxygen atoms in total. The fourth-order valence-corrected chi connectivity index (χ4v) is 1.92. The van der Waals surface area contributed by atoms with Crippen molar-refractivity contribution in [2.45, 2.75) is 6.10 Å². The molecule has 2 aromatic carbocycles. The summed E-state index contributed by atoms with van der Waals surface area (Å²) < 4.78 is 0. The molecular formula is C14H12N4O. The van der Waals surface area contributed by atoms with E-state index in [4.69, 9.17) is 0 Å². The van der Waals surface area contributed by atoms with Gasteiger partial charge in [0.15, 0.2) is 0 Å². The van der Waals surface area contributed by atoms with Gasteiger partial charge in [0.2, 0.25) is 5.82 Å². The van der Waals surface area contributed by atoms with Gasteiger partial charge in [-0.15, -0.1) is 10.2 Å². The van der Waals surface area contributed by atoms with E-state index in [-0.39, 0.29) is 5.82 Å². The van der Waals surface area contributed by atoms with Crippen LogP contribution < -0.4 is 0 Å². The zero-order valence-corrected chi connectivity index (χ0v) is 10.1. The zero-order chi connectivity index (χ0) is 13.1. The summed E-state index contributed by atoms with van der Waals surface area (Å²) in [6.45, 7) is 0. The molecule has 1 atom stereocenters. The Labute approximate surface area is 109 Å². The molecule has 2 N–H and O–H groups in total. The van der Waals surface area contributed by atoms with Gasteiger partial charge < -0.3 is 5.11 Å². The van der Waals surface area contributed by atoms with Crippen molar-refractivity contribution in [1.29, 1.82) is 0 Å².